The summed E-state index contributed by atoms with van der Waals surface area (Å²) in [6, 6.07) is 7.34. The molecule has 0 saturated carbocycles. The van der Waals surface area contributed by atoms with Gasteiger partial charge in [0.15, 0.2) is 5.16 Å². The molecule has 0 fully saturated rings. The van der Waals surface area contributed by atoms with Crippen molar-refractivity contribution in [2.75, 3.05) is 12.4 Å². The number of thiophene rings is 1. The lowest BCUT2D eigenvalue weighted by molar-refractivity contribution is 0.344. The van der Waals surface area contributed by atoms with E-state index in [0.29, 0.717) is 18.2 Å². The molecule has 1 aliphatic carbocycles. The fraction of sp³-hybridized carbons (Fsp3) is 0.400. The highest BCUT2D eigenvalue weighted by Gasteiger charge is 2.21. The maximum atomic E-state index is 13.1. The number of nitrogens with zero attached hydrogens (tertiary/aromatic N) is 2. The molecule has 27 heavy (non-hydrogen) atoms. The predicted octanol–water partition coefficient (Wildman–Crippen LogP) is 5.18. The van der Waals surface area contributed by atoms with Crippen LogP contribution in [0.2, 0.25) is 5.02 Å². The molecular weight excluding hydrogens is 400 g/mol. The third-order valence-electron chi connectivity index (χ3n) is 4.75. The van der Waals surface area contributed by atoms with Gasteiger partial charge in [0.25, 0.3) is 5.56 Å². The Hall–Kier alpha value is -1.50. The summed E-state index contributed by atoms with van der Waals surface area (Å²) in [4.78, 5) is 20.2. The van der Waals surface area contributed by atoms with E-state index in [1.807, 2.05) is 31.2 Å². The average molecular weight is 421 g/mol. The Kier molecular flexibility index (Phi) is 5.76. The van der Waals surface area contributed by atoms with Crippen molar-refractivity contribution in [2.24, 2.45) is 0 Å². The number of hydrogen-bond donors (Lipinski definition) is 0. The predicted molar refractivity (Wildman–Crippen MR) is 114 cm³/mol. The first-order valence-electron chi connectivity index (χ1n) is 9.23. The second kappa shape index (κ2) is 8.25. The quantitative estimate of drug-likeness (QED) is 0.313. The van der Waals surface area contributed by atoms with Crippen LogP contribution in [0.25, 0.3) is 10.2 Å². The van der Waals surface area contributed by atoms with Gasteiger partial charge in [-0.3, -0.25) is 9.36 Å². The zero-order valence-corrected chi connectivity index (χ0v) is 17.6. The van der Waals surface area contributed by atoms with Crippen molar-refractivity contribution in [3.63, 3.8) is 0 Å². The Morgan fingerprint density at radius 3 is 2.81 bits per heavy atom. The van der Waals surface area contributed by atoms with Crippen molar-refractivity contribution < 1.29 is 4.74 Å². The molecule has 0 radical (unpaired) electrons. The molecule has 1 aliphatic rings. The topological polar surface area (TPSA) is 44.1 Å². The van der Waals surface area contributed by atoms with Gasteiger partial charge < -0.3 is 4.74 Å². The minimum Gasteiger partial charge on any atom is -0.493 e. The van der Waals surface area contributed by atoms with Crippen LogP contribution in [0.15, 0.2) is 34.2 Å². The average Bonchev–Trinajstić information content (AvgIpc) is 3.05. The number of halogens is 1. The first-order valence-corrected chi connectivity index (χ1v) is 11.4. The Morgan fingerprint density at radius 1 is 1.26 bits per heavy atom. The Labute approximate surface area is 171 Å². The third-order valence-corrected chi connectivity index (χ3v) is 7.13. The van der Waals surface area contributed by atoms with Gasteiger partial charge in [0.2, 0.25) is 0 Å². The largest absolute Gasteiger partial charge is 0.493 e. The number of fused-ring (bicyclic) bond motifs is 3. The first kappa shape index (κ1) is 18.8. The fourth-order valence-electron chi connectivity index (χ4n) is 3.43. The van der Waals surface area contributed by atoms with Crippen LogP contribution >= 0.6 is 34.7 Å². The van der Waals surface area contributed by atoms with E-state index in [-0.39, 0.29) is 5.56 Å². The van der Waals surface area contributed by atoms with Crippen molar-refractivity contribution in [3.8, 4) is 5.75 Å². The van der Waals surface area contributed by atoms with Crippen LogP contribution in [0.4, 0.5) is 0 Å². The van der Waals surface area contributed by atoms with Gasteiger partial charge in [-0.1, -0.05) is 23.4 Å². The second-order valence-corrected chi connectivity index (χ2v) is 9.07. The first-order chi connectivity index (χ1) is 13.2. The number of benzene rings is 1. The fourth-order valence-corrected chi connectivity index (χ4v) is 5.74. The molecule has 0 bridgehead atoms. The van der Waals surface area contributed by atoms with E-state index in [1.54, 1.807) is 27.7 Å². The van der Waals surface area contributed by atoms with E-state index < -0.39 is 0 Å². The number of ether oxygens (including phenoxy) is 1. The van der Waals surface area contributed by atoms with E-state index in [4.69, 9.17) is 21.3 Å². The van der Waals surface area contributed by atoms with Crippen molar-refractivity contribution in [2.45, 2.75) is 44.3 Å². The Bertz CT molecular complexity index is 1010. The van der Waals surface area contributed by atoms with E-state index in [1.165, 1.54) is 23.3 Å². The van der Waals surface area contributed by atoms with Gasteiger partial charge >= 0.3 is 0 Å². The highest BCUT2D eigenvalue weighted by Crippen LogP contribution is 2.34. The lowest BCUT2D eigenvalue weighted by Gasteiger charge is -2.12. The molecule has 2 aromatic heterocycles. The van der Waals surface area contributed by atoms with Crippen molar-refractivity contribution >= 4 is 44.9 Å². The van der Waals surface area contributed by atoms with Crippen LogP contribution in [0.5, 0.6) is 5.75 Å². The Morgan fingerprint density at radius 2 is 2.04 bits per heavy atom. The van der Waals surface area contributed by atoms with Gasteiger partial charge in [0, 0.05) is 22.2 Å². The monoisotopic (exact) mass is 420 g/mol. The smallest absolute Gasteiger partial charge is 0.263 e. The maximum Gasteiger partial charge on any atom is 0.263 e. The highest BCUT2D eigenvalue weighted by molar-refractivity contribution is 7.99. The van der Waals surface area contributed by atoms with Crippen LogP contribution < -0.4 is 10.3 Å². The molecule has 4 nitrogen and oxygen atoms in total. The van der Waals surface area contributed by atoms with Gasteiger partial charge in [-0.2, -0.15) is 0 Å². The molecule has 7 heteroatoms. The summed E-state index contributed by atoms with van der Waals surface area (Å²) < 4.78 is 7.55. The van der Waals surface area contributed by atoms with Crippen LogP contribution in [0.1, 0.15) is 30.2 Å². The summed E-state index contributed by atoms with van der Waals surface area (Å²) in [7, 11) is 0. The van der Waals surface area contributed by atoms with E-state index in [0.717, 1.165) is 39.7 Å². The lowest BCUT2D eigenvalue weighted by atomic mass is 9.97. The molecule has 0 saturated heterocycles. The second-order valence-electron chi connectivity index (χ2n) is 6.49. The summed E-state index contributed by atoms with van der Waals surface area (Å²) in [5.41, 5.74) is 1.37. The highest BCUT2D eigenvalue weighted by atomic mass is 35.5. The summed E-state index contributed by atoms with van der Waals surface area (Å²) in [5, 5.41) is 2.34. The number of thioether (sulfide) groups is 1. The zero-order valence-electron chi connectivity index (χ0n) is 15.2. The number of rotatable bonds is 6. The lowest BCUT2D eigenvalue weighted by Crippen LogP contribution is -2.23. The normalized spacial score (nSPS) is 13.7. The minimum absolute atomic E-state index is 0.114. The van der Waals surface area contributed by atoms with Crippen molar-refractivity contribution in [3.05, 3.63) is 50.1 Å². The maximum absolute atomic E-state index is 13.1. The molecular formula is C20H21ClN2O2S2. The summed E-state index contributed by atoms with van der Waals surface area (Å²) in [5.74, 6) is 1.52. The van der Waals surface area contributed by atoms with Crippen LogP contribution in [-0.2, 0) is 19.4 Å². The summed E-state index contributed by atoms with van der Waals surface area (Å²) in [6.45, 7) is 3.18. The molecule has 142 valence electrons. The SMILES string of the molecule is CCn1c(SCCOc2ccc(Cl)cc2)nc2sc3c(c2c1=O)CCCC3. The summed E-state index contributed by atoms with van der Waals surface area (Å²) in [6.07, 6.45) is 4.48. The van der Waals surface area contributed by atoms with Crippen LogP contribution in [-0.4, -0.2) is 21.9 Å². The van der Waals surface area contributed by atoms with Gasteiger partial charge in [-0.15, -0.1) is 11.3 Å². The molecule has 4 rings (SSSR count). The molecule has 2 heterocycles. The number of hydrogen-bond acceptors (Lipinski definition) is 5. The molecule has 3 aromatic rings. The number of aryl methyl sites for hydroxylation is 2. The third kappa shape index (κ3) is 3.89. The molecule has 0 unspecified atom stereocenters. The van der Waals surface area contributed by atoms with Gasteiger partial charge in [0.1, 0.15) is 10.6 Å². The van der Waals surface area contributed by atoms with Gasteiger partial charge in [-0.05, 0) is 62.4 Å². The molecule has 0 amide bonds. The molecule has 0 N–H and O–H groups in total. The van der Waals surface area contributed by atoms with E-state index >= 15 is 0 Å². The summed E-state index contributed by atoms with van der Waals surface area (Å²) >= 11 is 9.17. The van der Waals surface area contributed by atoms with Gasteiger partial charge in [0.05, 0.1) is 12.0 Å². The van der Waals surface area contributed by atoms with Crippen LogP contribution in [0, 0.1) is 0 Å². The molecule has 0 aliphatic heterocycles. The van der Waals surface area contributed by atoms with E-state index in [9.17, 15) is 4.79 Å². The van der Waals surface area contributed by atoms with Crippen LogP contribution in [0.3, 0.4) is 0 Å². The molecule has 1 aromatic carbocycles. The number of aromatic nitrogens is 2. The molecule has 0 spiro atoms. The molecule has 0 atom stereocenters. The Balaban J connectivity index is 1.52. The van der Waals surface area contributed by atoms with Crippen molar-refractivity contribution in [1.82, 2.24) is 9.55 Å². The van der Waals surface area contributed by atoms with Gasteiger partial charge in [-0.25, -0.2) is 4.98 Å². The van der Waals surface area contributed by atoms with E-state index in [2.05, 4.69) is 0 Å². The van der Waals surface area contributed by atoms with Crippen molar-refractivity contribution in [1.29, 1.82) is 0 Å². The zero-order chi connectivity index (χ0) is 18.8. The standard InChI is InChI=1S/C20H21ClN2O2S2/c1-2-23-19(24)17-15-5-3-4-6-16(15)27-18(17)22-20(23)26-12-11-25-14-9-7-13(21)8-10-14/h7-10H,2-6,11-12H2,1H3. The minimum atomic E-state index is 0.114.